The molecule has 0 amide bonds. The first-order valence-corrected chi connectivity index (χ1v) is 11.8. The lowest BCUT2D eigenvalue weighted by Crippen LogP contribution is -2.06. The van der Waals surface area contributed by atoms with Gasteiger partial charge < -0.3 is 18.1 Å². The minimum atomic E-state index is -0.476. The zero-order valence-corrected chi connectivity index (χ0v) is 19.9. The molecule has 0 spiro atoms. The lowest BCUT2D eigenvalue weighted by atomic mass is 10.1. The Kier molecular flexibility index (Phi) is 2.54. The summed E-state index contributed by atoms with van der Waals surface area (Å²) in [6.45, 7) is 0. The number of nitrogens with zero attached hydrogens (tertiary/aromatic N) is 2. The molecule has 0 aliphatic carbocycles. The van der Waals surface area contributed by atoms with E-state index in [1.54, 1.807) is 30.3 Å². The zero-order chi connectivity index (χ0) is 30.9. The van der Waals surface area contributed by atoms with Crippen molar-refractivity contribution in [1.29, 1.82) is 0 Å². The summed E-state index contributed by atoms with van der Waals surface area (Å²) in [6.07, 6.45) is 0. The highest BCUT2D eigenvalue weighted by atomic mass is 127. The van der Waals surface area contributed by atoms with Crippen LogP contribution in [0.25, 0.3) is 55.2 Å². The molecule has 0 saturated carbocycles. The van der Waals surface area contributed by atoms with E-state index in [1.807, 2.05) is 39.3 Å². The maximum absolute atomic E-state index is 9.13. The highest BCUT2D eigenvalue weighted by Gasteiger charge is 2.18. The Morgan fingerprint density at radius 3 is 2.46 bits per heavy atom. The molecule has 5 aromatic carbocycles. The highest BCUT2D eigenvalue weighted by Crippen LogP contribution is 2.40. The lowest BCUT2D eigenvalue weighted by molar-refractivity contribution is 0.475. The number of hydrogen-bond donors (Lipinski definition) is 0. The molecule has 0 radical (unpaired) electrons. The number of halogens is 1. The van der Waals surface area contributed by atoms with Gasteiger partial charge in [0, 0.05) is 37.5 Å². The molecule has 4 nitrogen and oxygen atoms in total. The van der Waals surface area contributed by atoms with Gasteiger partial charge in [0.2, 0.25) is 0 Å². The fourth-order valence-electron chi connectivity index (χ4n) is 4.69. The molecular formula is C30H17IN2O2. The summed E-state index contributed by atoms with van der Waals surface area (Å²) < 4.78 is 95.1. The van der Waals surface area contributed by atoms with Crippen LogP contribution in [0.2, 0.25) is 0 Å². The van der Waals surface area contributed by atoms with E-state index in [-0.39, 0.29) is 86.5 Å². The van der Waals surface area contributed by atoms with Crippen molar-refractivity contribution in [3.63, 3.8) is 0 Å². The van der Waals surface area contributed by atoms with Crippen molar-refractivity contribution in [1.82, 2.24) is 8.97 Å². The second kappa shape index (κ2) is 7.02. The fourth-order valence-corrected chi connectivity index (χ4v) is 5.29. The van der Waals surface area contributed by atoms with Crippen molar-refractivity contribution in [2.75, 3.05) is 0 Å². The van der Waals surface area contributed by atoms with Crippen molar-refractivity contribution in [3.05, 3.63) is 106 Å². The second-order valence-electron chi connectivity index (χ2n) is 8.13. The minimum Gasteiger partial charge on any atom is -0.457 e. The number of ether oxygens (including phenoxy) is 1. The Morgan fingerprint density at radius 2 is 1.51 bits per heavy atom. The van der Waals surface area contributed by atoms with Crippen LogP contribution in [-0.2, 0) is 0 Å². The van der Waals surface area contributed by atoms with Crippen LogP contribution in [0.15, 0.2) is 107 Å². The first-order valence-electron chi connectivity index (χ1n) is 15.2. The predicted octanol–water partition coefficient (Wildman–Crippen LogP) is 8.77. The van der Waals surface area contributed by atoms with Crippen LogP contribution in [0.3, 0.4) is 0 Å². The molecule has 35 heavy (non-hydrogen) atoms. The van der Waals surface area contributed by atoms with E-state index >= 15 is 0 Å². The number of rotatable bonds is 0. The topological polar surface area (TPSA) is 31.7 Å². The third-order valence-corrected chi connectivity index (χ3v) is 6.68. The molecule has 0 atom stereocenters. The van der Waals surface area contributed by atoms with E-state index in [9.17, 15) is 0 Å². The van der Waals surface area contributed by atoms with Crippen molar-refractivity contribution >= 4 is 72.1 Å². The van der Waals surface area contributed by atoms with Gasteiger partial charge in [0.05, 0.1) is 34.6 Å². The number of para-hydroxylation sites is 3. The number of fused-ring (bicyclic) bond motifs is 11. The summed E-state index contributed by atoms with van der Waals surface area (Å²) in [6, 6.07) is 10.9. The van der Waals surface area contributed by atoms with Gasteiger partial charge in [0.1, 0.15) is 11.2 Å². The van der Waals surface area contributed by atoms with Gasteiger partial charge in [-0.05, 0) is 83.1 Å². The quantitative estimate of drug-likeness (QED) is 0.170. The monoisotopic (exact) mass is 573 g/mol. The Balaban J connectivity index is 1.81. The maximum atomic E-state index is 9.13. The third-order valence-electron chi connectivity index (χ3n) is 6.10. The summed E-state index contributed by atoms with van der Waals surface area (Å²) in [5.74, 6) is 0.564. The zero-order valence-electron chi connectivity index (χ0n) is 26.7. The first-order chi connectivity index (χ1) is 21.0. The maximum Gasteiger partial charge on any atom is 0.151 e. The van der Waals surface area contributed by atoms with Crippen LogP contribution < -0.4 is 4.74 Å². The average molecular weight is 573 g/mol. The molecule has 5 heteroatoms. The van der Waals surface area contributed by atoms with Gasteiger partial charge in [-0.3, -0.25) is 0 Å². The molecule has 0 unspecified atom stereocenters. The highest BCUT2D eigenvalue weighted by molar-refractivity contribution is 14.1. The number of hydrogen-bond acceptors (Lipinski definition) is 2. The smallest absolute Gasteiger partial charge is 0.151 e. The molecule has 0 saturated heterocycles. The van der Waals surface area contributed by atoms with Crippen LogP contribution in [-0.4, -0.2) is 8.97 Å². The molecule has 0 fully saturated rings. The molecule has 0 N–H and O–H groups in total. The lowest BCUT2D eigenvalue weighted by Gasteiger charge is -2.22. The van der Waals surface area contributed by atoms with E-state index in [0.29, 0.717) is 26.0 Å². The van der Waals surface area contributed by atoms with Crippen LogP contribution in [0.5, 0.6) is 11.5 Å². The predicted molar refractivity (Wildman–Crippen MR) is 149 cm³/mol. The van der Waals surface area contributed by atoms with Gasteiger partial charge in [0.25, 0.3) is 0 Å². The largest absolute Gasteiger partial charge is 0.457 e. The third kappa shape index (κ3) is 2.79. The van der Waals surface area contributed by atoms with Crippen molar-refractivity contribution in [3.8, 4) is 17.2 Å². The molecular weight excluding hydrogens is 547 g/mol. The molecule has 6 bridgehead atoms. The van der Waals surface area contributed by atoms with Gasteiger partial charge in [-0.15, -0.1) is 0 Å². The number of aromatic nitrogens is 2. The molecule has 1 aliphatic heterocycles. The van der Waals surface area contributed by atoms with Gasteiger partial charge in [-0.2, -0.15) is 0 Å². The molecule has 1 aliphatic rings. The fraction of sp³-hybridized carbons (Fsp3) is 0. The van der Waals surface area contributed by atoms with Gasteiger partial charge in [-0.25, -0.2) is 0 Å². The summed E-state index contributed by atoms with van der Waals surface area (Å²) in [7, 11) is 0. The Labute approximate surface area is 226 Å². The summed E-state index contributed by atoms with van der Waals surface area (Å²) in [5.41, 5.74) is 1.97. The second-order valence-corrected chi connectivity index (χ2v) is 9.29. The van der Waals surface area contributed by atoms with E-state index in [0.717, 1.165) is 0 Å². The van der Waals surface area contributed by atoms with Gasteiger partial charge in [0.15, 0.2) is 11.5 Å². The number of benzene rings is 5. The van der Waals surface area contributed by atoms with Crippen molar-refractivity contribution in [2.24, 2.45) is 0 Å². The molecule has 7 aromatic rings. The summed E-state index contributed by atoms with van der Waals surface area (Å²) in [4.78, 5) is 0. The molecule has 2 aromatic heterocycles. The van der Waals surface area contributed by atoms with Crippen LogP contribution in [0, 0.1) is 3.57 Å². The van der Waals surface area contributed by atoms with Crippen molar-refractivity contribution < 1.29 is 21.5 Å². The Morgan fingerprint density at radius 1 is 0.714 bits per heavy atom. The van der Waals surface area contributed by atoms with Crippen LogP contribution in [0.4, 0.5) is 0 Å². The van der Waals surface area contributed by atoms with Gasteiger partial charge >= 0.3 is 0 Å². The van der Waals surface area contributed by atoms with Gasteiger partial charge in [-0.1, -0.05) is 30.3 Å². The Bertz CT molecular complexity index is 2550. The SMILES string of the molecule is [2H]c1c([2H])c([2H])c2c(c1[2H])c1c([2H])c([2H])c3cc1n2c1cc(cc(I)c1[2H])n1c2cc(o3)c([2H])c([2H])c2Oc2ccccc2-1. The molecule has 8 rings (SSSR count). The van der Waals surface area contributed by atoms with Crippen LogP contribution in [0.1, 0.15) is 12.3 Å². The molecule has 166 valence electrons. The van der Waals surface area contributed by atoms with E-state index in [2.05, 4.69) is 0 Å². The average Bonchev–Trinajstić information content (AvgIpc) is 3.35. The van der Waals surface area contributed by atoms with E-state index in [4.69, 9.17) is 21.5 Å². The normalized spacial score (nSPS) is 16.0. The minimum absolute atomic E-state index is 0.0477. The Hall–Kier alpha value is -3.97. The standard InChI is InChI=1S/C30H17IN2O2/c31-18-13-19-15-20(14-18)33-26-7-3-4-8-29(26)35-30-12-10-22(17-28(30)33)34-21-9-11-24-23-5-1-2-6-25(23)32(19)27(24)16-21/h1-17H/i1D,2D,5D,6D,9D,10D,11D,12D,13D. The van der Waals surface area contributed by atoms with Crippen molar-refractivity contribution in [2.45, 2.75) is 0 Å². The first kappa shape index (κ1) is 12.7. The van der Waals surface area contributed by atoms with E-state index < -0.39 is 12.1 Å². The van der Waals surface area contributed by atoms with Crippen LogP contribution >= 0.6 is 22.6 Å². The van der Waals surface area contributed by atoms with E-state index in [1.165, 1.54) is 10.5 Å². The summed E-state index contributed by atoms with van der Waals surface area (Å²) >= 11 is 2.04. The summed E-state index contributed by atoms with van der Waals surface area (Å²) in [5, 5.41) is 0.168. The molecule has 3 heterocycles.